The number of amides is 1. The van der Waals surface area contributed by atoms with E-state index in [-0.39, 0.29) is 11.9 Å². The number of piperidine rings is 1. The molecule has 106 valence electrons. The molecule has 1 aromatic heterocycles. The van der Waals surface area contributed by atoms with Crippen LogP contribution in [0.2, 0.25) is 0 Å². The molecule has 0 spiro atoms. The smallest absolute Gasteiger partial charge is 0.239 e. The Labute approximate surface area is 115 Å². The molecule has 2 rings (SSSR count). The first kappa shape index (κ1) is 14.1. The van der Waals surface area contributed by atoms with Crippen LogP contribution in [0, 0.1) is 6.92 Å². The fourth-order valence-corrected chi connectivity index (χ4v) is 2.56. The summed E-state index contributed by atoms with van der Waals surface area (Å²) in [5.41, 5.74) is 2.17. The topological polar surface area (TPSA) is 50.2 Å². The molecule has 0 aromatic carbocycles. The first-order valence-electron chi connectivity index (χ1n) is 7.09. The van der Waals surface area contributed by atoms with E-state index in [0.29, 0.717) is 6.54 Å². The van der Waals surface area contributed by atoms with Gasteiger partial charge in [0.25, 0.3) is 0 Å². The Morgan fingerprint density at radius 3 is 2.68 bits per heavy atom. The van der Waals surface area contributed by atoms with Crippen molar-refractivity contribution < 1.29 is 4.79 Å². The van der Waals surface area contributed by atoms with Gasteiger partial charge in [-0.3, -0.25) is 9.48 Å². The molecule has 1 aromatic rings. The van der Waals surface area contributed by atoms with E-state index in [0.717, 1.165) is 37.2 Å². The molecule has 1 aliphatic heterocycles. The van der Waals surface area contributed by atoms with E-state index in [1.165, 1.54) is 6.42 Å². The highest BCUT2D eigenvalue weighted by molar-refractivity contribution is 5.81. The lowest BCUT2D eigenvalue weighted by Gasteiger charge is -2.29. The molecule has 1 aliphatic rings. The fourth-order valence-electron chi connectivity index (χ4n) is 2.56. The van der Waals surface area contributed by atoms with Gasteiger partial charge in [-0.05, 0) is 33.1 Å². The molecule has 19 heavy (non-hydrogen) atoms. The van der Waals surface area contributed by atoms with Crippen molar-refractivity contribution in [2.75, 3.05) is 13.1 Å². The molecule has 2 heterocycles. The molecule has 1 atom stereocenters. The highest BCUT2D eigenvalue weighted by atomic mass is 16.2. The zero-order valence-electron chi connectivity index (χ0n) is 12.1. The minimum Gasteiger partial charge on any atom is -0.341 e. The highest BCUT2D eigenvalue weighted by Crippen LogP contribution is 2.10. The molecular formula is C14H24N4O. The van der Waals surface area contributed by atoms with Gasteiger partial charge in [0.05, 0.1) is 11.7 Å². The standard InChI is InChI=1S/C14H24N4O/c1-11-13(10-17(3)16-11)9-15-12(2)14(19)18-7-5-4-6-8-18/h10,12,15H,4-9H2,1-3H3. The quantitative estimate of drug-likeness (QED) is 0.889. The van der Waals surface area contributed by atoms with Gasteiger partial charge in [0, 0.05) is 38.4 Å². The second-order valence-electron chi connectivity index (χ2n) is 5.40. The van der Waals surface area contributed by atoms with E-state index in [9.17, 15) is 4.79 Å². The third-order valence-corrected chi connectivity index (χ3v) is 3.75. The Kier molecular flexibility index (Phi) is 4.58. The molecule has 0 radical (unpaired) electrons. The van der Waals surface area contributed by atoms with Gasteiger partial charge in [0.15, 0.2) is 0 Å². The van der Waals surface area contributed by atoms with Gasteiger partial charge in [-0.25, -0.2) is 0 Å². The molecule has 0 bridgehead atoms. The Morgan fingerprint density at radius 1 is 1.42 bits per heavy atom. The van der Waals surface area contributed by atoms with Gasteiger partial charge in [-0.1, -0.05) is 0 Å². The molecule has 1 unspecified atom stereocenters. The summed E-state index contributed by atoms with van der Waals surface area (Å²) < 4.78 is 1.81. The lowest BCUT2D eigenvalue weighted by Crippen LogP contribution is -2.46. The van der Waals surface area contributed by atoms with Crippen LogP contribution >= 0.6 is 0 Å². The maximum absolute atomic E-state index is 12.3. The van der Waals surface area contributed by atoms with Crippen LogP contribution in [0.1, 0.15) is 37.4 Å². The van der Waals surface area contributed by atoms with Crippen LogP contribution in [-0.4, -0.2) is 39.7 Å². The van der Waals surface area contributed by atoms with Crippen molar-refractivity contribution in [3.8, 4) is 0 Å². The SMILES string of the molecule is Cc1nn(C)cc1CNC(C)C(=O)N1CCCCC1. The molecule has 1 N–H and O–H groups in total. The fraction of sp³-hybridized carbons (Fsp3) is 0.714. The number of aryl methyl sites for hydroxylation is 2. The summed E-state index contributed by atoms with van der Waals surface area (Å²) in [5.74, 6) is 0.223. The Morgan fingerprint density at radius 2 is 2.11 bits per heavy atom. The number of nitrogens with zero attached hydrogens (tertiary/aromatic N) is 3. The van der Waals surface area contributed by atoms with E-state index in [4.69, 9.17) is 0 Å². The van der Waals surface area contributed by atoms with Crippen LogP contribution in [-0.2, 0) is 18.4 Å². The monoisotopic (exact) mass is 264 g/mol. The first-order valence-corrected chi connectivity index (χ1v) is 7.09. The van der Waals surface area contributed by atoms with Gasteiger partial charge < -0.3 is 10.2 Å². The van der Waals surface area contributed by atoms with Gasteiger partial charge in [-0.15, -0.1) is 0 Å². The number of rotatable bonds is 4. The van der Waals surface area contributed by atoms with Crippen LogP contribution in [0.4, 0.5) is 0 Å². The summed E-state index contributed by atoms with van der Waals surface area (Å²) >= 11 is 0. The summed E-state index contributed by atoms with van der Waals surface area (Å²) in [7, 11) is 1.92. The second-order valence-corrected chi connectivity index (χ2v) is 5.40. The van der Waals surface area contributed by atoms with Crippen molar-refractivity contribution in [2.45, 2.75) is 45.7 Å². The molecule has 5 nitrogen and oxygen atoms in total. The van der Waals surface area contributed by atoms with Crippen LogP contribution in [0.5, 0.6) is 0 Å². The normalized spacial score (nSPS) is 17.5. The number of hydrogen-bond donors (Lipinski definition) is 1. The van der Waals surface area contributed by atoms with Crippen LogP contribution in [0.25, 0.3) is 0 Å². The average molecular weight is 264 g/mol. The van der Waals surface area contributed by atoms with Crippen molar-refractivity contribution in [1.29, 1.82) is 0 Å². The predicted octanol–water partition coefficient (Wildman–Crippen LogP) is 1.22. The average Bonchev–Trinajstić information content (AvgIpc) is 2.74. The van der Waals surface area contributed by atoms with E-state index in [1.807, 2.05) is 36.7 Å². The minimum atomic E-state index is -0.127. The third-order valence-electron chi connectivity index (χ3n) is 3.75. The largest absolute Gasteiger partial charge is 0.341 e. The van der Waals surface area contributed by atoms with Gasteiger partial charge in [-0.2, -0.15) is 5.10 Å². The van der Waals surface area contributed by atoms with Crippen LogP contribution in [0.3, 0.4) is 0 Å². The molecule has 0 aliphatic carbocycles. The number of nitrogens with one attached hydrogen (secondary N) is 1. The van der Waals surface area contributed by atoms with Gasteiger partial charge >= 0.3 is 0 Å². The Hall–Kier alpha value is -1.36. The van der Waals surface area contributed by atoms with E-state index in [1.54, 1.807) is 0 Å². The summed E-state index contributed by atoms with van der Waals surface area (Å²) in [6.45, 7) is 6.46. The van der Waals surface area contributed by atoms with Crippen molar-refractivity contribution in [2.24, 2.45) is 7.05 Å². The molecule has 0 saturated carbocycles. The Balaban J connectivity index is 1.84. The lowest BCUT2D eigenvalue weighted by molar-refractivity contribution is -0.133. The molecular weight excluding hydrogens is 240 g/mol. The van der Waals surface area contributed by atoms with Crippen LogP contribution < -0.4 is 5.32 Å². The molecule has 1 saturated heterocycles. The second kappa shape index (κ2) is 6.19. The maximum Gasteiger partial charge on any atom is 0.239 e. The van der Waals surface area contributed by atoms with Crippen molar-refractivity contribution in [3.63, 3.8) is 0 Å². The lowest BCUT2D eigenvalue weighted by atomic mass is 10.1. The summed E-state index contributed by atoms with van der Waals surface area (Å²) in [5, 5.41) is 7.61. The van der Waals surface area contributed by atoms with E-state index >= 15 is 0 Å². The number of carbonyl (C=O) groups is 1. The van der Waals surface area contributed by atoms with Crippen molar-refractivity contribution >= 4 is 5.91 Å². The zero-order valence-corrected chi connectivity index (χ0v) is 12.1. The van der Waals surface area contributed by atoms with E-state index in [2.05, 4.69) is 10.4 Å². The van der Waals surface area contributed by atoms with Gasteiger partial charge in [0.2, 0.25) is 5.91 Å². The number of aromatic nitrogens is 2. The first-order chi connectivity index (χ1) is 9.08. The third kappa shape index (κ3) is 3.56. The summed E-state index contributed by atoms with van der Waals surface area (Å²) in [6.07, 6.45) is 5.53. The number of carbonyl (C=O) groups excluding carboxylic acids is 1. The van der Waals surface area contributed by atoms with Gasteiger partial charge in [0.1, 0.15) is 0 Å². The number of hydrogen-bond acceptors (Lipinski definition) is 3. The highest BCUT2D eigenvalue weighted by Gasteiger charge is 2.21. The molecule has 1 amide bonds. The zero-order chi connectivity index (χ0) is 13.8. The molecule has 1 fully saturated rings. The van der Waals surface area contributed by atoms with E-state index < -0.39 is 0 Å². The summed E-state index contributed by atoms with van der Waals surface area (Å²) in [6, 6.07) is -0.127. The number of likely N-dealkylation sites (tertiary alicyclic amines) is 1. The summed E-state index contributed by atoms with van der Waals surface area (Å²) in [4.78, 5) is 14.2. The molecule has 5 heteroatoms. The maximum atomic E-state index is 12.3. The minimum absolute atomic E-state index is 0.127. The van der Waals surface area contributed by atoms with Crippen molar-refractivity contribution in [3.05, 3.63) is 17.5 Å². The van der Waals surface area contributed by atoms with Crippen LogP contribution in [0.15, 0.2) is 6.20 Å². The Bertz CT molecular complexity index is 435. The predicted molar refractivity (Wildman–Crippen MR) is 74.7 cm³/mol. The van der Waals surface area contributed by atoms with Crippen molar-refractivity contribution in [1.82, 2.24) is 20.0 Å².